The van der Waals surface area contributed by atoms with Crippen LogP contribution >= 0.6 is 0 Å². The first-order chi connectivity index (χ1) is 7.72. The van der Waals surface area contributed by atoms with Crippen LogP contribution in [-0.4, -0.2) is 29.2 Å². The van der Waals surface area contributed by atoms with Gasteiger partial charge in [-0.25, -0.2) is 4.79 Å². The molecule has 0 atom stereocenters. The normalized spacial score (nSPS) is 18.1. The molecular weight excluding hydrogens is 220 g/mol. The second-order valence-corrected chi connectivity index (χ2v) is 6.07. The van der Waals surface area contributed by atoms with E-state index in [4.69, 9.17) is 5.11 Å². The molecule has 1 aliphatic rings. The number of urea groups is 1. The Kier molecular flexibility index (Phi) is 4.01. The van der Waals surface area contributed by atoms with Crippen LogP contribution in [0.15, 0.2) is 0 Å². The molecular formula is C12H22N2O3. The summed E-state index contributed by atoms with van der Waals surface area (Å²) < 4.78 is 0. The summed E-state index contributed by atoms with van der Waals surface area (Å²) in [5.74, 6) is -0.860. The van der Waals surface area contributed by atoms with E-state index in [1.54, 1.807) is 0 Å². The van der Waals surface area contributed by atoms with Gasteiger partial charge in [0.1, 0.15) is 0 Å². The number of nitrogens with one attached hydrogen (secondary N) is 2. The lowest BCUT2D eigenvalue weighted by Gasteiger charge is -2.41. The minimum atomic E-state index is -0.860. The molecule has 2 amide bonds. The fourth-order valence-corrected chi connectivity index (χ4v) is 1.87. The van der Waals surface area contributed by atoms with Crippen LogP contribution in [0.1, 0.15) is 46.5 Å². The van der Waals surface area contributed by atoms with Gasteiger partial charge in [0.2, 0.25) is 0 Å². The molecule has 17 heavy (non-hydrogen) atoms. The lowest BCUT2D eigenvalue weighted by atomic mass is 9.74. The standard InChI is InChI=1S/C12H22N2O3/c1-11(2,3)8-13-10(17)14-12(5-4-6-12)7-9(15)16/h4-8H2,1-3H3,(H,15,16)(H2,13,14,17). The van der Waals surface area contributed by atoms with Gasteiger partial charge in [-0.15, -0.1) is 0 Å². The van der Waals surface area contributed by atoms with Gasteiger partial charge in [0.05, 0.1) is 12.0 Å². The van der Waals surface area contributed by atoms with Crippen LogP contribution < -0.4 is 10.6 Å². The first-order valence-electron chi connectivity index (χ1n) is 6.00. The minimum absolute atomic E-state index is 0.00986. The van der Waals surface area contributed by atoms with E-state index in [2.05, 4.69) is 10.6 Å². The highest BCUT2D eigenvalue weighted by Gasteiger charge is 2.40. The Labute approximate surface area is 102 Å². The number of carboxylic acids is 1. The molecule has 0 heterocycles. The first-order valence-corrected chi connectivity index (χ1v) is 6.00. The van der Waals surface area contributed by atoms with Crippen LogP contribution in [0.3, 0.4) is 0 Å². The lowest BCUT2D eigenvalue weighted by molar-refractivity contribution is -0.139. The summed E-state index contributed by atoms with van der Waals surface area (Å²) in [5.41, 5.74) is -0.495. The molecule has 0 aromatic heterocycles. The average molecular weight is 242 g/mol. The van der Waals surface area contributed by atoms with Crippen molar-refractivity contribution in [2.75, 3.05) is 6.54 Å². The topological polar surface area (TPSA) is 78.4 Å². The van der Waals surface area contributed by atoms with Gasteiger partial charge in [0.25, 0.3) is 0 Å². The van der Waals surface area contributed by atoms with Crippen molar-refractivity contribution in [2.24, 2.45) is 5.41 Å². The molecule has 0 radical (unpaired) electrons. The maximum atomic E-state index is 11.7. The molecule has 5 heteroatoms. The van der Waals surface area contributed by atoms with Crippen LogP contribution in [0.2, 0.25) is 0 Å². The van der Waals surface area contributed by atoms with E-state index in [9.17, 15) is 9.59 Å². The molecule has 1 aliphatic carbocycles. The maximum Gasteiger partial charge on any atom is 0.315 e. The Morgan fingerprint density at radius 3 is 2.24 bits per heavy atom. The Morgan fingerprint density at radius 2 is 1.88 bits per heavy atom. The molecule has 0 aromatic carbocycles. The highest BCUT2D eigenvalue weighted by atomic mass is 16.4. The van der Waals surface area contributed by atoms with Crippen LogP contribution in [0.5, 0.6) is 0 Å². The van der Waals surface area contributed by atoms with Gasteiger partial charge >= 0.3 is 12.0 Å². The highest BCUT2D eigenvalue weighted by Crippen LogP contribution is 2.34. The molecule has 1 rings (SSSR count). The van der Waals surface area contributed by atoms with Gasteiger partial charge in [0.15, 0.2) is 0 Å². The van der Waals surface area contributed by atoms with Crippen LogP contribution in [0, 0.1) is 5.41 Å². The Balaban J connectivity index is 2.41. The molecule has 98 valence electrons. The SMILES string of the molecule is CC(C)(C)CNC(=O)NC1(CC(=O)O)CCC1. The molecule has 3 N–H and O–H groups in total. The van der Waals surface area contributed by atoms with Crippen LogP contribution in [0.25, 0.3) is 0 Å². The highest BCUT2D eigenvalue weighted by molar-refractivity contribution is 5.77. The number of rotatable bonds is 4. The molecule has 0 saturated heterocycles. The van der Waals surface area contributed by atoms with E-state index in [-0.39, 0.29) is 17.9 Å². The average Bonchev–Trinajstić information content (AvgIpc) is 2.09. The second kappa shape index (κ2) is 4.94. The zero-order valence-corrected chi connectivity index (χ0v) is 10.8. The molecule has 0 unspecified atom stereocenters. The van der Waals surface area contributed by atoms with Crippen molar-refractivity contribution in [3.05, 3.63) is 0 Å². The fraction of sp³-hybridized carbons (Fsp3) is 0.833. The zero-order chi connectivity index (χ0) is 13.1. The Morgan fingerprint density at radius 1 is 1.29 bits per heavy atom. The van der Waals surface area contributed by atoms with E-state index in [0.29, 0.717) is 6.54 Å². The predicted molar refractivity (Wildman–Crippen MR) is 64.8 cm³/mol. The van der Waals surface area contributed by atoms with Crippen molar-refractivity contribution in [2.45, 2.75) is 52.0 Å². The number of hydrogen-bond donors (Lipinski definition) is 3. The molecule has 1 fully saturated rings. The smallest absolute Gasteiger partial charge is 0.315 e. The Bertz CT molecular complexity index is 303. The van der Waals surface area contributed by atoms with Crippen molar-refractivity contribution in [3.8, 4) is 0 Å². The van der Waals surface area contributed by atoms with Gasteiger partial charge in [-0.1, -0.05) is 20.8 Å². The molecule has 1 saturated carbocycles. The first kappa shape index (κ1) is 13.8. The van der Waals surface area contributed by atoms with E-state index in [1.807, 2.05) is 20.8 Å². The summed E-state index contributed by atoms with van der Waals surface area (Å²) in [4.78, 5) is 22.4. The number of carbonyl (C=O) groups excluding carboxylic acids is 1. The monoisotopic (exact) mass is 242 g/mol. The fourth-order valence-electron chi connectivity index (χ4n) is 1.87. The largest absolute Gasteiger partial charge is 0.481 e. The van der Waals surface area contributed by atoms with Crippen molar-refractivity contribution in [1.82, 2.24) is 10.6 Å². The summed E-state index contributed by atoms with van der Waals surface area (Å²) in [7, 11) is 0. The lowest BCUT2D eigenvalue weighted by Crippen LogP contribution is -2.57. The molecule has 0 aliphatic heterocycles. The van der Waals surface area contributed by atoms with Crippen molar-refractivity contribution < 1.29 is 14.7 Å². The quantitative estimate of drug-likeness (QED) is 0.702. The van der Waals surface area contributed by atoms with Crippen LogP contribution in [-0.2, 0) is 4.79 Å². The zero-order valence-electron chi connectivity index (χ0n) is 10.8. The number of hydrogen-bond acceptors (Lipinski definition) is 2. The summed E-state index contributed by atoms with van der Waals surface area (Å²) >= 11 is 0. The van der Waals surface area contributed by atoms with Gasteiger partial charge < -0.3 is 15.7 Å². The third kappa shape index (κ3) is 4.63. The Hall–Kier alpha value is -1.26. The molecule has 5 nitrogen and oxygen atoms in total. The van der Waals surface area contributed by atoms with Crippen molar-refractivity contribution in [1.29, 1.82) is 0 Å². The molecule has 0 bridgehead atoms. The van der Waals surface area contributed by atoms with E-state index < -0.39 is 11.5 Å². The summed E-state index contributed by atoms with van der Waals surface area (Å²) in [5, 5.41) is 14.4. The number of amides is 2. The third-order valence-electron chi connectivity index (χ3n) is 2.96. The summed E-state index contributed by atoms with van der Waals surface area (Å²) in [6.45, 7) is 6.67. The third-order valence-corrected chi connectivity index (χ3v) is 2.96. The van der Waals surface area contributed by atoms with Gasteiger partial charge in [-0.2, -0.15) is 0 Å². The van der Waals surface area contributed by atoms with E-state index in [1.165, 1.54) is 0 Å². The van der Waals surface area contributed by atoms with Gasteiger partial charge in [0, 0.05) is 6.54 Å². The minimum Gasteiger partial charge on any atom is -0.481 e. The predicted octanol–water partition coefficient (Wildman–Crippen LogP) is 1.73. The maximum absolute atomic E-state index is 11.7. The summed E-state index contributed by atoms with van der Waals surface area (Å²) in [6.07, 6.45) is 2.49. The van der Waals surface area contributed by atoms with Crippen molar-refractivity contribution in [3.63, 3.8) is 0 Å². The van der Waals surface area contributed by atoms with Crippen LogP contribution in [0.4, 0.5) is 4.79 Å². The van der Waals surface area contributed by atoms with Gasteiger partial charge in [-0.3, -0.25) is 4.79 Å². The van der Waals surface area contributed by atoms with E-state index >= 15 is 0 Å². The molecule has 0 aromatic rings. The molecule has 0 spiro atoms. The van der Waals surface area contributed by atoms with Gasteiger partial charge in [-0.05, 0) is 24.7 Å². The summed E-state index contributed by atoms with van der Waals surface area (Å²) in [6, 6.07) is -0.263. The number of carbonyl (C=O) groups is 2. The number of aliphatic carboxylic acids is 1. The second-order valence-electron chi connectivity index (χ2n) is 6.07. The number of carboxylic acid groups (broad SMARTS) is 1. The van der Waals surface area contributed by atoms with E-state index in [0.717, 1.165) is 19.3 Å². The van der Waals surface area contributed by atoms with Crippen molar-refractivity contribution >= 4 is 12.0 Å².